The first-order valence-corrected chi connectivity index (χ1v) is 13.9. The molecule has 0 saturated carbocycles. The summed E-state index contributed by atoms with van der Waals surface area (Å²) in [7, 11) is 1.56. The summed E-state index contributed by atoms with van der Waals surface area (Å²) in [6, 6.07) is 21.7. The highest BCUT2D eigenvalue weighted by atomic mass is 35.5. The van der Waals surface area contributed by atoms with Crippen molar-refractivity contribution in [3.05, 3.63) is 125 Å². The number of methoxy groups -OCH3 is 1. The molecule has 0 fully saturated rings. The summed E-state index contributed by atoms with van der Waals surface area (Å²) in [6.45, 7) is 4.03. The van der Waals surface area contributed by atoms with Crippen molar-refractivity contribution in [2.75, 3.05) is 13.7 Å². The lowest BCUT2D eigenvalue weighted by molar-refractivity contribution is -0.139. The Balaban J connectivity index is 1.54. The number of thiazole rings is 1. The Kier molecular flexibility index (Phi) is 8.19. The number of carbonyl (C=O) groups excluding carboxylic acids is 1. The Bertz CT molecular complexity index is 1780. The molecular weight excluding hydrogens is 548 g/mol. The van der Waals surface area contributed by atoms with Crippen LogP contribution in [0.3, 0.4) is 0 Å². The average molecular weight is 575 g/mol. The van der Waals surface area contributed by atoms with Crippen LogP contribution in [0.25, 0.3) is 6.08 Å². The molecule has 0 amide bonds. The predicted octanol–water partition coefficient (Wildman–Crippen LogP) is 5.04. The predicted molar refractivity (Wildman–Crippen MR) is 156 cm³/mol. The third-order valence-corrected chi connectivity index (χ3v) is 7.81. The molecule has 0 unspecified atom stereocenters. The van der Waals surface area contributed by atoms with E-state index in [-0.39, 0.29) is 18.8 Å². The van der Waals surface area contributed by atoms with Crippen molar-refractivity contribution in [1.29, 1.82) is 0 Å². The van der Waals surface area contributed by atoms with Gasteiger partial charge in [0.1, 0.15) is 6.61 Å². The summed E-state index contributed by atoms with van der Waals surface area (Å²) in [6.07, 6.45) is 1.79. The number of benzene rings is 3. The van der Waals surface area contributed by atoms with Crippen LogP contribution in [0.1, 0.15) is 36.6 Å². The second kappa shape index (κ2) is 11.9. The molecule has 40 heavy (non-hydrogen) atoms. The number of ether oxygens (including phenoxy) is 3. The lowest BCUT2D eigenvalue weighted by atomic mass is 9.96. The first-order valence-electron chi connectivity index (χ1n) is 12.7. The van der Waals surface area contributed by atoms with Crippen molar-refractivity contribution < 1.29 is 19.0 Å². The zero-order valence-corrected chi connectivity index (χ0v) is 23.8. The minimum atomic E-state index is -0.645. The van der Waals surface area contributed by atoms with Crippen LogP contribution in [0.2, 0.25) is 5.02 Å². The van der Waals surface area contributed by atoms with Crippen LogP contribution in [0, 0.1) is 0 Å². The average Bonchev–Trinajstić information content (AvgIpc) is 3.26. The molecule has 0 spiro atoms. The quantitative estimate of drug-likeness (QED) is 0.276. The fraction of sp³-hybridized carbons (Fsp3) is 0.194. The van der Waals surface area contributed by atoms with Gasteiger partial charge in [0.2, 0.25) is 0 Å². The number of carbonyl (C=O) groups is 1. The van der Waals surface area contributed by atoms with Crippen molar-refractivity contribution in [3.8, 4) is 11.5 Å². The molecule has 0 bridgehead atoms. The summed E-state index contributed by atoms with van der Waals surface area (Å²) in [5.74, 6) is 0.597. The largest absolute Gasteiger partial charge is 0.493 e. The Labute approximate surface area is 240 Å². The summed E-state index contributed by atoms with van der Waals surface area (Å²) in [4.78, 5) is 31.9. The second-order valence-corrected chi connectivity index (χ2v) is 10.4. The highest BCUT2D eigenvalue weighted by Crippen LogP contribution is 2.31. The van der Waals surface area contributed by atoms with E-state index in [0.29, 0.717) is 37.1 Å². The van der Waals surface area contributed by atoms with E-state index in [4.69, 9.17) is 25.8 Å². The molecular formula is C31H27ClN2O5S. The number of nitrogens with zero attached hydrogens (tertiary/aromatic N) is 2. The molecule has 1 atom stereocenters. The minimum absolute atomic E-state index is 0.224. The molecule has 0 saturated heterocycles. The maximum Gasteiger partial charge on any atom is 0.338 e. The summed E-state index contributed by atoms with van der Waals surface area (Å²) < 4.78 is 18.9. The van der Waals surface area contributed by atoms with E-state index in [1.54, 1.807) is 37.7 Å². The van der Waals surface area contributed by atoms with Crippen molar-refractivity contribution in [1.82, 2.24) is 4.57 Å². The van der Waals surface area contributed by atoms with E-state index in [2.05, 4.69) is 4.99 Å². The maximum atomic E-state index is 13.8. The summed E-state index contributed by atoms with van der Waals surface area (Å²) >= 11 is 7.52. The van der Waals surface area contributed by atoms with Gasteiger partial charge in [-0.3, -0.25) is 9.36 Å². The number of esters is 1. The van der Waals surface area contributed by atoms with Crippen LogP contribution in [-0.4, -0.2) is 24.3 Å². The monoisotopic (exact) mass is 574 g/mol. The third-order valence-electron chi connectivity index (χ3n) is 6.46. The molecule has 0 radical (unpaired) electrons. The molecule has 2 heterocycles. The molecule has 0 N–H and O–H groups in total. The van der Waals surface area contributed by atoms with Gasteiger partial charge in [-0.05, 0) is 49.2 Å². The smallest absolute Gasteiger partial charge is 0.338 e. The lowest BCUT2D eigenvalue weighted by Crippen LogP contribution is -2.39. The van der Waals surface area contributed by atoms with E-state index in [9.17, 15) is 9.59 Å². The second-order valence-electron chi connectivity index (χ2n) is 9.00. The van der Waals surface area contributed by atoms with Gasteiger partial charge in [-0.15, -0.1) is 0 Å². The maximum absolute atomic E-state index is 13.8. The molecule has 4 aromatic rings. The van der Waals surface area contributed by atoms with Crippen molar-refractivity contribution in [2.45, 2.75) is 26.5 Å². The molecule has 5 rings (SSSR count). The third kappa shape index (κ3) is 5.46. The van der Waals surface area contributed by atoms with Gasteiger partial charge in [0.25, 0.3) is 5.56 Å². The zero-order valence-electron chi connectivity index (χ0n) is 22.2. The van der Waals surface area contributed by atoms with E-state index >= 15 is 0 Å². The number of halogens is 1. The highest BCUT2D eigenvalue weighted by molar-refractivity contribution is 7.07. The first-order chi connectivity index (χ1) is 19.4. The number of hydrogen-bond donors (Lipinski definition) is 0. The highest BCUT2D eigenvalue weighted by Gasteiger charge is 2.33. The van der Waals surface area contributed by atoms with Gasteiger partial charge in [-0.2, -0.15) is 0 Å². The van der Waals surface area contributed by atoms with E-state index in [1.165, 1.54) is 11.3 Å². The SMILES string of the molecule is CCOC(=O)C1=C(C)N=c2s/c(=C/c3ccc(OCc4ccccc4Cl)c(OC)c3)c(=O)n2[C@H]1c1ccccc1. The zero-order chi connectivity index (χ0) is 28.2. The van der Waals surface area contributed by atoms with Crippen LogP contribution >= 0.6 is 22.9 Å². The van der Waals surface area contributed by atoms with E-state index in [1.807, 2.05) is 66.7 Å². The van der Waals surface area contributed by atoms with Crippen molar-refractivity contribution in [2.24, 2.45) is 4.99 Å². The van der Waals surface area contributed by atoms with Crippen LogP contribution in [0.4, 0.5) is 0 Å². The Morgan fingerprint density at radius 2 is 1.82 bits per heavy atom. The molecule has 1 aliphatic rings. The van der Waals surface area contributed by atoms with Crippen LogP contribution < -0.4 is 24.4 Å². The first kappa shape index (κ1) is 27.4. The van der Waals surface area contributed by atoms with Gasteiger partial charge in [-0.1, -0.05) is 77.5 Å². The van der Waals surface area contributed by atoms with Crippen LogP contribution in [0.5, 0.6) is 11.5 Å². The number of hydrogen-bond acceptors (Lipinski definition) is 7. The van der Waals surface area contributed by atoms with Gasteiger partial charge in [0, 0.05) is 10.6 Å². The lowest BCUT2D eigenvalue weighted by Gasteiger charge is -2.24. The van der Waals surface area contributed by atoms with Crippen molar-refractivity contribution in [3.63, 3.8) is 0 Å². The molecule has 0 aliphatic carbocycles. The number of allylic oxidation sites excluding steroid dienone is 1. The molecule has 1 aromatic heterocycles. The fourth-order valence-electron chi connectivity index (χ4n) is 4.56. The Morgan fingerprint density at radius 1 is 1.07 bits per heavy atom. The van der Waals surface area contributed by atoms with Gasteiger partial charge in [0.15, 0.2) is 16.3 Å². The van der Waals surface area contributed by atoms with E-state index in [0.717, 1.165) is 16.7 Å². The standard InChI is InChI=1S/C31H27ClN2O5S/c1-4-38-30(36)27-19(2)33-31-34(28(27)21-10-6-5-7-11-21)29(35)26(40-31)17-20-14-15-24(25(16-20)37-3)39-18-22-12-8-9-13-23(22)32/h5-17,28H,4,18H2,1-3H3/b26-17+/t28-/m0/s1. The van der Waals surface area contributed by atoms with Crippen LogP contribution in [0.15, 0.2) is 93.9 Å². The molecule has 204 valence electrons. The van der Waals surface area contributed by atoms with Gasteiger partial charge < -0.3 is 14.2 Å². The number of aromatic nitrogens is 1. The molecule has 1 aliphatic heterocycles. The van der Waals surface area contributed by atoms with Gasteiger partial charge in [-0.25, -0.2) is 9.79 Å². The Morgan fingerprint density at radius 3 is 2.55 bits per heavy atom. The van der Waals surface area contributed by atoms with Crippen molar-refractivity contribution >= 4 is 35.0 Å². The molecule has 7 nitrogen and oxygen atoms in total. The van der Waals surface area contributed by atoms with Gasteiger partial charge in [0.05, 0.1) is 35.6 Å². The van der Waals surface area contributed by atoms with E-state index < -0.39 is 12.0 Å². The van der Waals surface area contributed by atoms with Crippen LogP contribution in [-0.2, 0) is 16.1 Å². The fourth-order valence-corrected chi connectivity index (χ4v) is 5.79. The topological polar surface area (TPSA) is 79.1 Å². The number of fused-ring (bicyclic) bond motifs is 1. The Hall–Kier alpha value is -4.14. The molecule has 3 aromatic carbocycles. The van der Waals surface area contributed by atoms with Gasteiger partial charge >= 0.3 is 5.97 Å². The minimum Gasteiger partial charge on any atom is -0.493 e. The summed E-state index contributed by atoms with van der Waals surface area (Å²) in [5.41, 5.74) is 3.06. The molecule has 9 heteroatoms. The number of rotatable bonds is 8. The normalized spacial score (nSPS) is 14.9. The summed E-state index contributed by atoms with van der Waals surface area (Å²) in [5, 5.41) is 0.628.